The first-order chi connectivity index (χ1) is 9.22. The van der Waals surface area contributed by atoms with E-state index in [9.17, 15) is 4.79 Å². The lowest BCUT2D eigenvalue weighted by molar-refractivity contribution is 0.0743. The topological polar surface area (TPSA) is 59.5 Å². The molecule has 0 saturated carbocycles. The monoisotopic (exact) mass is 258 g/mol. The van der Waals surface area contributed by atoms with Crippen LogP contribution in [0.1, 0.15) is 29.3 Å². The average Bonchev–Trinajstić information content (AvgIpc) is 2.94. The number of carbonyl (C=O) groups excluding carboxylic acids is 1. The Morgan fingerprint density at radius 2 is 2.11 bits per heavy atom. The molecule has 0 fully saturated rings. The third kappa shape index (κ3) is 3.16. The third-order valence-corrected chi connectivity index (χ3v) is 2.97. The Balaban J connectivity index is 2.17. The maximum Gasteiger partial charge on any atom is 0.257 e. The van der Waals surface area contributed by atoms with Crippen molar-refractivity contribution >= 4 is 11.6 Å². The van der Waals surface area contributed by atoms with Gasteiger partial charge in [-0.25, -0.2) is 0 Å². The average molecular weight is 258 g/mol. The molecular weight excluding hydrogens is 240 g/mol. The molecule has 0 aliphatic carbocycles. The number of anilines is 1. The lowest BCUT2D eigenvalue weighted by atomic mass is 10.1. The third-order valence-electron chi connectivity index (χ3n) is 2.97. The van der Waals surface area contributed by atoms with Crippen LogP contribution in [0.3, 0.4) is 0 Å². The number of nitrogen functional groups attached to an aromatic ring is 1. The molecule has 4 nitrogen and oxygen atoms in total. The van der Waals surface area contributed by atoms with E-state index < -0.39 is 0 Å². The van der Waals surface area contributed by atoms with Gasteiger partial charge in [-0.3, -0.25) is 4.79 Å². The van der Waals surface area contributed by atoms with Crippen LogP contribution in [0.15, 0.2) is 47.3 Å². The van der Waals surface area contributed by atoms with Crippen molar-refractivity contribution in [3.05, 3.63) is 54.0 Å². The van der Waals surface area contributed by atoms with E-state index >= 15 is 0 Å². The largest absolute Gasteiger partial charge is 0.472 e. The van der Waals surface area contributed by atoms with Crippen LogP contribution in [0.4, 0.5) is 5.69 Å². The Morgan fingerprint density at radius 3 is 2.74 bits per heavy atom. The maximum atomic E-state index is 12.3. The van der Waals surface area contributed by atoms with Gasteiger partial charge in [-0.05, 0) is 24.1 Å². The summed E-state index contributed by atoms with van der Waals surface area (Å²) in [5.41, 5.74) is 8.18. The summed E-state index contributed by atoms with van der Waals surface area (Å²) in [6.07, 6.45) is 3.88. The summed E-state index contributed by atoms with van der Waals surface area (Å²) in [5, 5.41) is 0. The number of nitrogens with zero attached hydrogens (tertiary/aromatic N) is 1. The van der Waals surface area contributed by atoms with Gasteiger partial charge in [0.05, 0.1) is 11.8 Å². The molecule has 0 aliphatic rings. The van der Waals surface area contributed by atoms with Gasteiger partial charge in [0.15, 0.2) is 0 Å². The number of hydrogen-bond donors (Lipinski definition) is 1. The second kappa shape index (κ2) is 6.09. The fraction of sp³-hybridized carbons (Fsp3) is 0.267. The first kappa shape index (κ1) is 13.2. The second-order valence-corrected chi connectivity index (χ2v) is 4.44. The maximum absolute atomic E-state index is 12.3. The molecule has 100 valence electrons. The Labute approximate surface area is 112 Å². The van der Waals surface area contributed by atoms with Gasteiger partial charge in [-0.15, -0.1) is 0 Å². The van der Waals surface area contributed by atoms with Crippen molar-refractivity contribution in [1.82, 2.24) is 4.90 Å². The van der Waals surface area contributed by atoms with E-state index in [-0.39, 0.29) is 5.91 Å². The van der Waals surface area contributed by atoms with Gasteiger partial charge in [-0.2, -0.15) is 0 Å². The first-order valence-electron chi connectivity index (χ1n) is 6.37. The van der Waals surface area contributed by atoms with E-state index in [1.54, 1.807) is 11.0 Å². The van der Waals surface area contributed by atoms with Crippen molar-refractivity contribution < 1.29 is 9.21 Å². The van der Waals surface area contributed by atoms with Crippen molar-refractivity contribution in [2.75, 3.05) is 12.3 Å². The standard InChI is InChI=1S/C15H18N2O2/c1-2-8-17(15(18)13-7-9-19-11-13)10-12-5-3-4-6-14(12)16/h3-7,9,11H,2,8,10,16H2,1H3. The van der Waals surface area contributed by atoms with Gasteiger partial charge in [0.1, 0.15) is 6.26 Å². The van der Waals surface area contributed by atoms with Crippen molar-refractivity contribution in [2.45, 2.75) is 19.9 Å². The number of hydrogen-bond acceptors (Lipinski definition) is 3. The molecule has 1 aromatic carbocycles. The predicted molar refractivity (Wildman–Crippen MR) is 74.6 cm³/mol. The Hall–Kier alpha value is -2.23. The van der Waals surface area contributed by atoms with E-state index in [4.69, 9.17) is 10.2 Å². The van der Waals surface area contributed by atoms with Crippen molar-refractivity contribution in [1.29, 1.82) is 0 Å². The molecule has 0 spiro atoms. The molecule has 2 N–H and O–H groups in total. The summed E-state index contributed by atoms with van der Waals surface area (Å²) in [5.74, 6) is -0.0288. The lowest BCUT2D eigenvalue weighted by Crippen LogP contribution is -2.31. The van der Waals surface area contributed by atoms with Crippen LogP contribution in [0.5, 0.6) is 0 Å². The zero-order valence-corrected chi connectivity index (χ0v) is 11.0. The molecule has 2 rings (SSSR count). The van der Waals surface area contributed by atoms with Gasteiger partial charge in [0.2, 0.25) is 0 Å². The smallest absolute Gasteiger partial charge is 0.257 e. The van der Waals surface area contributed by atoms with Crippen LogP contribution in [0.25, 0.3) is 0 Å². The minimum absolute atomic E-state index is 0.0288. The Bertz CT molecular complexity index is 535. The quantitative estimate of drug-likeness (QED) is 0.839. The summed E-state index contributed by atoms with van der Waals surface area (Å²) in [6.45, 7) is 3.26. The molecule has 0 saturated heterocycles. The van der Waals surface area contributed by atoms with Crippen LogP contribution in [-0.2, 0) is 6.54 Å². The summed E-state index contributed by atoms with van der Waals surface area (Å²) >= 11 is 0. The molecular formula is C15H18N2O2. The van der Waals surface area contributed by atoms with Crippen LogP contribution >= 0.6 is 0 Å². The SMILES string of the molecule is CCCN(Cc1ccccc1N)C(=O)c1ccoc1. The van der Waals surface area contributed by atoms with Crippen LogP contribution in [0.2, 0.25) is 0 Å². The number of furan rings is 1. The highest BCUT2D eigenvalue weighted by molar-refractivity contribution is 5.93. The molecule has 0 aliphatic heterocycles. The van der Waals surface area contributed by atoms with E-state index in [1.807, 2.05) is 31.2 Å². The number of para-hydroxylation sites is 1. The Kier molecular flexibility index (Phi) is 4.23. The van der Waals surface area contributed by atoms with E-state index in [0.29, 0.717) is 24.3 Å². The molecule has 19 heavy (non-hydrogen) atoms. The number of nitrogens with two attached hydrogens (primary N) is 1. The number of rotatable bonds is 5. The molecule has 0 unspecified atom stereocenters. The van der Waals surface area contributed by atoms with Crippen LogP contribution < -0.4 is 5.73 Å². The molecule has 0 atom stereocenters. The van der Waals surface area contributed by atoms with Gasteiger partial charge in [0, 0.05) is 18.8 Å². The summed E-state index contributed by atoms with van der Waals surface area (Å²) in [7, 11) is 0. The van der Waals surface area contributed by atoms with Crippen molar-refractivity contribution in [3.8, 4) is 0 Å². The van der Waals surface area contributed by atoms with Gasteiger partial charge in [-0.1, -0.05) is 25.1 Å². The molecule has 0 radical (unpaired) electrons. The molecule has 1 amide bonds. The summed E-state index contributed by atoms with van der Waals surface area (Å²) in [4.78, 5) is 14.1. The highest BCUT2D eigenvalue weighted by atomic mass is 16.3. The van der Waals surface area contributed by atoms with E-state index in [2.05, 4.69) is 0 Å². The van der Waals surface area contributed by atoms with Crippen molar-refractivity contribution in [2.24, 2.45) is 0 Å². The molecule has 1 heterocycles. The minimum Gasteiger partial charge on any atom is -0.472 e. The van der Waals surface area contributed by atoms with E-state index in [1.165, 1.54) is 12.5 Å². The molecule has 2 aromatic rings. The zero-order chi connectivity index (χ0) is 13.7. The molecule has 4 heteroatoms. The van der Waals surface area contributed by atoms with Crippen LogP contribution in [-0.4, -0.2) is 17.4 Å². The Morgan fingerprint density at radius 1 is 1.32 bits per heavy atom. The van der Waals surface area contributed by atoms with Gasteiger partial charge in [0.25, 0.3) is 5.91 Å². The lowest BCUT2D eigenvalue weighted by Gasteiger charge is -2.22. The molecule has 1 aromatic heterocycles. The number of benzene rings is 1. The summed E-state index contributed by atoms with van der Waals surface area (Å²) in [6, 6.07) is 9.29. The highest BCUT2D eigenvalue weighted by Crippen LogP contribution is 2.16. The fourth-order valence-electron chi connectivity index (χ4n) is 1.97. The van der Waals surface area contributed by atoms with Gasteiger partial charge < -0.3 is 15.1 Å². The summed E-state index contributed by atoms with van der Waals surface area (Å²) < 4.78 is 4.97. The first-order valence-corrected chi connectivity index (χ1v) is 6.37. The van der Waals surface area contributed by atoms with Crippen LogP contribution in [0, 0.1) is 0 Å². The number of amides is 1. The molecule has 0 bridgehead atoms. The van der Waals surface area contributed by atoms with E-state index in [0.717, 1.165) is 12.0 Å². The predicted octanol–water partition coefficient (Wildman–Crippen LogP) is 2.91. The number of carbonyl (C=O) groups is 1. The zero-order valence-electron chi connectivity index (χ0n) is 11.0. The fourth-order valence-corrected chi connectivity index (χ4v) is 1.97. The second-order valence-electron chi connectivity index (χ2n) is 4.44. The van der Waals surface area contributed by atoms with Gasteiger partial charge >= 0.3 is 0 Å². The van der Waals surface area contributed by atoms with Crippen molar-refractivity contribution in [3.63, 3.8) is 0 Å². The highest BCUT2D eigenvalue weighted by Gasteiger charge is 2.17. The normalized spacial score (nSPS) is 10.4. The minimum atomic E-state index is -0.0288.